The fourth-order valence-corrected chi connectivity index (χ4v) is 3.21. The minimum Gasteiger partial charge on any atom is -0.353 e. The summed E-state index contributed by atoms with van der Waals surface area (Å²) >= 11 is 0. The summed E-state index contributed by atoms with van der Waals surface area (Å²) in [5.41, 5.74) is 2.61. The van der Waals surface area contributed by atoms with Crippen LogP contribution < -0.4 is 16.0 Å². The Hall–Kier alpha value is -4.00. The highest BCUT2D eigenvalue weighted by atomic mass is 19.1. The van der Waals surface area contributed by atoms with E-state index >= 15 is 0 Å². The Morgan fingerprint density at radius 2 is 1.36 bits per heavy atom. The first kappa shape index (κ1) is 23.7. The molecule has 0 radical (unpaired) electrons. The highest BCUT2D eigenvalue weighted by molar-refractivity contribution is 5.95. The Labute approximate surface area is 192 Å². The van der Waals surface area contributed by atoms with Crippen LogP contribution in [0.3, 0.4) is 0 Å². The third-order valence-corrected chi connectivity index (χ3v) is 4.98. The first-order valence-electron chi connectivity index (χ1n) is 10.7. The molecule has 3 aromatic rings. The molecule has 0 heterocycles. The molecule has 33 heavy (non-hydrogen) atoms. The summed E-state index contributed by atoms with van der Waals surface area (Å²) in [6.07, 6.45) is 0.892. The van der Waals surface area contributed by atoms with Crippen LogP contribution in [0.1, 0.15) is 22.3 Å². The Bertz CT molecular complexity index is 1090. The zero-order valence-corrected chi connectivity index (χ0v) is 18.1. The molecule has 3 amide bonds. The smallest absolute Gasteiger partial charge is 0.254 e. The first-order valence-corrected chi connectivity index (χ1v) is 10.7. The van der Waals surface area contributed by atoms with Crippen LogP contribution in [0.2, 0.25) is 0 Å². The summed E-state index contributed by atoms with van der Waals surface area (Å²) in [6, 6.07) is 23.4. The van der Waals surface area contributed by atoms with Crippen molar-refractivity contribution in [2.75, 3.05) is 19.6 Å². The van der Waals surface area contributed by atoms with Gasteiger partial charge in [0.2, 0.25) is 11.8 Å². The molecule has 170 valence electrons. The van der Waals surface area contributed by atoms with E-state index in [-0.39, 0.29) is 37.0 Å². The Balaban J connectivity index is 1.37. The van der Waals surface area contributed by atoms with Crippen molar-refractivity contribution in [3.05, 3.63) is 95.8 Å². The van der Waals surface area contributed by atoms with Gasteiger partial charge in [-0.1, -0.05) is 66.7 Å². The van der Waals surface area contributed by atoms with E-state index in [1.807, 2.05) is 60.7 Å². The topological polar surface area (TPSA) is 87.3 Å². The number of carbonyl (C=O) groups excluding carboxylic acids is 3. The molecule has 0 aliphatic carbocycles. The minimum absolute atomic E-state index is 0.0617. The van der Waals surface area contributed by atoms with Gasteiger partial charge in [0.15, 0.2) is 0 Å². The molecule has 0 saturated heterocycles. The van der Waals surface area contributed by atoms with Crippen LogP contribution >= 0.6 is 0 Å². The van der Waals surface area contributed by atoms with Crippen molar-refractivity contribution < 1.29 is 18.8 Å². The zero-order valence-electron chi connectivity index (χ0n) is 18.1. The molecule has 6 nitrogen and oxygen atoms in total. The van der Waals surface area contributed by atoms with Gasteiger partial charge in [0.1, 0.15) is 5.82 Å². The van der Waals surface area contributed by atoms with Crippen molar-refractivity contribution in [2.24, 2.45) is 0 Å². The summed E-state index contributed by atoms with van der Waals surface area (Å²) in [5, 5.41) is 7.77. The number of benzene rings is 3. The molecular formula is C26H26FN3O3. The maximum atomic E-state index is 14.1. The molecule has 3 N–H and O–H groups in total. The molecule has 0 unspecified atom stereocenters. The maximum absolute atomic E-state index is 14.1. The molecule has 0 aliphatic heterocycles. The number of halogens is 1. The first-order chi connectivity index (χ1) is 16.0. The van der Waals surface area contributed by atoms with E-state index in [1.165, 1.54) is 12.1 Å². The Kier molecular flexibility index (Phi) is 8.71. The summed E-state index contributed by atoms with van der Waals surface area (Å²) in [4.78, 5) is 36.1. The molecule has 0 fully saturated rings. The quantitative estimate of drug-likeness (QED) is 0.418. The van der Waals surface area contributed by atoms with E-state index in [1.54, 1.807) is 6.07 Å². The third kappa shape index (κ3) is 7.57. The van der Waals surface area contributed by atoms with Gasteiger partial charge >= 0.3 is 0 Å². The van der Waals surface area contributed by atoms with Crippen molar-refractivity contribution in [3.63, 3.8) is 0 Å². The number of amides is 3. The number of hydrogen-bond donors (Lipinski definition) is 3. The second-order valence-electron chi connectivity index (χ2n) is 7.43. The highest BCUT2D eigenvalue weighted by Gasteiger charge is 2.13. The van der Waals surface area contributed by atoms with E-state index in [4.69, 9.17) is 0 Å². The largest absolute Gasteiger partial charge is 0.353 e. The zero-order chi connectivity index (χ0) is 23.5. The second kappa shape index (κ2) is 12.1. The van der Waals surface area contributed by atoms with Crippen LogP contribution in [-0.2, 0) is 16.0 Å². The fraction of sp³-hybridized carbons (Fsp3) is 0.192. The Morgan fingerprint density at radius 3 is 2.09 bits per heavy atom. The lowest BCUT2D eigenvalue weighted by molar-refractivity contribution is -0.126. The summed E-state index contributed by atoms with van der Waals surface area (Å²) in [7, 11) is 0. The summed E-state index contributed by atoms with van der Waals surface area (Å²) in [5.74, 6) is -1.76. The summed E-state index contributed by atoms with van der Waals surface area (Å²) in [6.45, 7) is 0.140. The SMILES string of the molecule is O=C(CCc1ccccc1)NCC(=O)NCCNC(=O)c1cc(-c2ccccc2)ccc1F. The van der Waals surface area contributed by atoms with Gasteiger partial charge in [-0.25, -0.2) is 4.39 Å². The molecule has 3 aromatic carbocycles. The van der Waals surface area contributed by atoms with E-state index in [9.17, 15) is 18.8 Å². The molecule has 0 aromatic heterocycles. The standard InChI is InChI=1S/C26H26FN3O3/c27-23-13-12-21(20-9-5-2-6-10-20)17-22(23)26(33)29-16-15-28-25(32)18-30-24(31)14-11-19-7-3-1-4-8-19/h1-10,12-13,17H,11,14-16,18H2,(H,28,32)(H,29,33)(H,30,31). The van der Waals surface area contributed by atoms with Crippen molar-refractivity contribution in [1.29, 1.82) is 0 Å². The lowest BCUT2D eigenvalue weighted by Crippen LogP contribution is -2.40. The molecule has 0 atom stereocenters. The molecule has 0 bridgehead atoms. The molecule has 0 aliphatic rings. The number of hydrogen-bond acceptors (Lipinski definition) is 3. The summed E-state index contributed by atoms with van der Waals surface area (Å²) < 4.78 is 14.1. The van der Waals surface area contributed by atoms with Crippen molar-refractivity contribution in [2.45, 2.75) is 12.8 Å². The lowest BCUT2D eigenvalue weighted by atomic mass is 10.0. The molecule has 0 spiro atoms. The van der Waals surface area contributed by atoms with Gasteiger partial charge in [-0.2, -0.15) is 0 Å². The lowest BCUT2D eigenvalue weighted by Gasteiger charge is -2.10. The second-order valence-corrected chi connectivity index (χ2v) is 7.43. The van der Waals surface area contributed by atoms with Gasteiger partial charge < -0.3 is 16.0 Å². The third-order valence-electron chi connectivity index (χ3n) is 4.98. The predicted molar refractivity (Wildman–Crippen MR) is 125 cm³/mol. The van der Waals surface area contributed by atoms with Crippen LogP contribution in [0.25, 0.3) is 11.1 Å². The van der Waals surface area contributed by atoms with Crippen LogP contribution in [0.5, 0.6) is 0 Å². The van der Waals surface area contributed by atoms with Crippen molar-refractivity contribution in [1.82, 2.24) is 16.0 Å². The van der Waals surface area contributed by atoms with Crippen molar-refractivity contribution in [3.8, 4) is 11.1 Å². The normalized spacial score (nSPS) is 10.3. The predicted octanol–water partition coefficient (Wildman–Crippen LogP) is 3.09. The van der Waals surface area contributed by atoms with Gasteiger partial charge in [0.05, 0.1) is 12.1 Å². The molecule has 3 rings (SSSR count). The molecule has 0 saturated carbocycles. The van der Waals surface area contributed by atoms with Gasteiger partial charge in [-0.05, 0) is 35.2 Å². The average Bonchev–Trinajstić information content (AvgIpc) is 2.85. The Morgan fingerprint density at radius 1 is 0.697 bits per heavy atom. The van der Waals surface area contributed by atoms with Gasteiger partial charge in [-0.15, -0.1) is 0 Å². The number of carbonyl (C=O) groups is 3. The van der Waals surface area contributed by atoms with Gasteiger partial charge in [-0.3, -0.25) is 14.4 Å². The minimum atomic E-state index is -0.616. The van der Waals surface area contributed by atoms with E-state index in [0.717, 1.165) is 16.7 Å². The number of nitrogens with one attached hydrogen (secondary N) is 3. The number of rotatable bonds is 10. The van der Waals surface area contributed by atoms with Crippen molar-refractivity contribution >= 4 is 17.7 Å². The monoisotopic (exact) mass is 447 g/mol. The van der Waals surface area contributed by atoms with Gasteiger partial charge in [0, 0.05) is 19.5 Å². The maximum Gasteiger partial charge on any atom is 0.254 e. The molecule has 7 heteroatoms. The molecular weight excluding hydrogens is 421 g/mol. The van der Waals surface area contributed by atoms with Crippen LogP contribution in [0.15, 0.2) is 78.9 Å². The van der Waals surface area contributed by atoms with Crippen LogP contribution in [-0.4, -0.2) is 37.4 Å². The van der Waals surface area contributed by atoms with Crippen LogP contribution in [0.4, 0.5) is 4.39 Å². The van der Waals surface area contributed by atoms with E-state index in [0.29, 0.717) is 12.8 Å². The number of aryl methyl sites for hydroxylation is 1. The van der Waals surface area contributed by atoms with Gasteiger partial charge in [0.25, 0.3) is 5.91 Å². The van der Waals surface area contributed by atoms with Crippen LogP contribution in [0, 0.1) is 5.82 Å². The van der Waals surface area contributed by atoms with E-state index in [2.05, 4.69) is 16.0 Å². The fourth-order valence-electron chi connectivity index (χ4n) is 3.21. The van der Waals surface area contributed by atoms with E-state index < -0.39 is 11.7 Å². The highest BCUT2D eigenvalue weighted by Crippen LogP contribution is 2.21. The average molecular weight is 448 g/mol.